The van der Waals surface area contributed by atoms with Crippen LogP contribution >= 0.6 is 0 Å². The number of amides is 1. The third-order valence-corrected chi connectivity index (χ3v) is 4.40. The Balaban J connectivity index is 1.58. The maximum absolute atomic E-state index is 12.4. The van der Waals surface area contributed by atoms with E-state index in [4.69, 9.17) is 5.73 Å². The first kappa shape index (κ1) is 19.8. The highest BCUT2D eigenvalue weighted by Gasteiger charge is 2.13. The molecule has 0 fully saturated rings. The number of carbonyl (C=O) groups excluding carboxylic acids is 2. The van der Waals surface area contributed by atoms with Crippen molar-refractivity contribution in [1.82, 2.24) is 0 Å². The van der Waals surface area contributed by atoms with Gasteiger partial charge in [-0.05, 0) is 42.3 Å². The zero-order valence-corrected chi connectivity index (χ0v) is 15.5. The lowest BCUT2D eigenvalue weighted by molar-refractivity contribution is -0.384. The average molecular weight is 389 g/mol. The lowest BCUT2D eigenvalue weighted by atomic mass is 10.0. The van der Waals surface area contributed by atoms with Crippen molar-refractivity contribution in [2.24, 2.45) is 0 Å². The number of nitrogens with zero attached hydrogens (tertiary/aromatic N) is 1. The van der Waals surface area contributed by atoms with E-state index < -0.39 is 4.92 Å². The summed E-state index contributed by atoms with van der Waals surface area (Å²) in [6.07, 6.45) is 0.503. The number of benzene rings is 3. The van der Waals surface area contributed by atoms with Gasteiger partial charge < -0.3 is 11.1 Å². The molecule has 0 bridgehead atoms. The van der Waals surface area contributed by atoms with Crippen LogP contribution in [0, 0.1) is 10.1 Å². The highest BCUT2D eigenvalue weighted by Crippen LogP contribution is 2.23. The summed E-state index contributed by atoms with van der Waals surface area (Å²) >= 11 is 0. The van der Waals surface area contributed by atoms with E-state index in [1.807, 2.05) is 6.07 Å². The van der Waals surface area contributed by atoms with Crippen LogP contribution in [0.3, 0.4) is 0 Å². The largest absolute Gasteiger partial charge is 0.393 e. The maximum Gasteiger partial charge on any atom is 0.292 e. The van der Waals surface area contributed by atoms with Crippen molar-refractivity contribution in [1.29, 1.82) is 0 Å². The number of aryl methyl sites for hydroxylation is 1. The van der Waals surface area contributed by atoms with E-state index in [1.165, 1.54) is 12.1 Å². The van der Waals surface area contributed by atoms with E-state index >= 15 is 0 Å². The summed E-state index contributed by atoms with van der Waals surface area (Å²) in [6, 6.07) is 20.1. The molecule has 0 saturated heterocycles. The second-order valence-electron chi connectivity index (χ2n) is 6.47. The normalized spacial score (nSPS) is 10.3. The number of anilines is 2. The van der Waals surface area contributed by atoms with E-state index in [9.17, 15) is 19.7 Å². The molecule has 3 rings (SSSR count). The van der Waals surface area contributed by atoms with Crippen molar-refractivity contribution in [3.05, 3.63) is 99.6 Å². The summed E-state index contributed by atoms with van der Waals surface area (Å²) in [5, 5.41) is 13.7. The first-order valence-electron chi connectivity index (χ1n) is 8.96. The molecule has 0 radical (unpaired) electrons. The van der Waals surface area contributed by atoms with Crippen LogP contribution in [0.25, 0.3) is 0 Å². The first-order chi connectivity index (χ1) is 13.9. The Kier molecular flexibility index (Phi) is 5.99. The lowest BCUT2D eigenvalue weighted by Crippen LogP contribution is -2.12. The summed E-state index contributed by atoms with van der Waals surface area (Å²) in [5.74, 6) is -0.319. The fraction of sp³-hybridized carbons (Fsp3) is 0.0909. The Hall–Kier alpha value is -4.00. The van der Waals surface area contributed by atoms with Crippen LogP contribution in [0.2, 0.25) is 0 Å². The zero-order valence-electron chi connectivity index (χ0n) is 15.5. The van der Waals surface area contributed by atoms with Gasteiger partial charge in [-0.3, -0.25) is 19.7 Å². The van der Waals surface area contributed by atoms with Crippen LogP contribution in [-0.2, 0) is 11.2 Å². The smallest absolute Gasteiger partial charge is 0.292 e. The van der Waals surface area contributed by atoms with Gasteiger partial charge in [0.2, 0.25) is 5.91 Å². The highest BCUT2D eigenvalue weighted by molar-refractivity contribution is 6.09. The topological polar surface area (TPSA) is 115 Å². The van der Waals surface area contributed by atoms with E-state index in [0.29, 0.717) is 28.8 Å². The van der Waals surface area contributed by atoms with E-state index in [1.54, 1.807) is 54.6 Å². The molecule has 0 atom stereocenters. The SMILES string of the molecule is Nc1ccc(CCC(=O)Nc2ccc(C(=O)c3ccccc3)cc2)cc1[N+](=O)[O-]. The minimum atomic E-state index is -0.544. The highest BCUT2D eigenvalue weighted by atomic mass is 16.6. The van der Waals surface area contributed by atoms with Gasteiger partial charge in [0.05, 0.1) is 4.92 Å². The Morgan fingerprint density at radius 1 is 0.931 bits per heavy atom. The second kappa shape index (κ2) is 8.79. The number of hydrogen-bond acceptors (Lipinski definition) is 5. The molecule has 0 spiro atoms. The summed E-state index contributed by atoms with van der Waals surface area (Å²) in [7, 11) is 0. The molecule has 29 heavy (non-hydrogen) atoms. The standard InChI is InChI=1S/C22H19N3O4/c23-19-12-6-15(14-20(19)25(28)29)7-13-21(26)24-18-10-8-17(9-11-18)22(27)16-4-2-1-3-5-16/h1-6,8-12,14H,7,13,23H2,(H,24,26). The van der Waals surface area contributed by atoms with Crippen molar-refractivity contribution < 1.29 is 14.5 Å². The number of nitrogens with two attached hydrogens (primary N) is 1. The van der Waals surface area contributed by atoms with Crippen LogP contribution in [0.15, 0.2) is 72.8 Å². The number of hydrogen-bond donors (Lipinski definition) is 2. The Bertz CT molecular complexity index is 1050. The fourth-order valence-electron chi connectivity index (χ4n) is 2.85. The molecule has 146 valence electrons. The average Bonchev–Trinajstić information content (AvgIpc) is 2.73. The molecular formula is C22H19N3O4. The van der Waals surface area contributed by atoms with Crippen molar-refractivity contribution in [3.8, 4) is 0 Å². The molecule has 1 amide bonds. The molecule has 0 unspecified atom stereocenters. The molecule has 0 aromatic heterocycles. The Labute approximate surface area is 167 Å². The second-order valence-corrected chi connectivity index (χ2v) is 6.47. The number of carbonyl (C=O) groups is 2. The Morgan fingerprint density at radius 3 is 2.24 bits per heavy atom. The molecule has 0 heterocycles. The Morgan fingerprint density at radius 2 is 1.59 bits per heavy atom. The first-order valence-corrected chi connectivity index (χ1v) is 8.96. The van der Waals surface area contributed by atoms with Crippen molar-refractivity contribution >= 4 is 28.8 Å². The molecule has 0 aliphatic carbocycles. The number of nitro groups is 1. The van der Waals surface area contributed by atoms with Crippen LogP contribution < -0.4 is 11.1 Å². The van der Waals surface area contributed by atoms with Gasteiger partial charge in [-0.25, -0.2) is 0 Å². The van der Waals surface area contributed by atoms with Crippen LogP contribution in [0.1, 0.15) is 27.9 Å². The van der Waals surface area contributed by atoms with Crippen LogP contribution in [0.4, 0.5) is 17.1 Å². The molecule has 7 heteroatoms. The molecule has 3 aromatic carbocycles. The minimum Gasteiger partial charge on any atom is -0.393 e. The van der Waals surface area contributed by atoms with Gasteiger partial charge >= 0.3 is 0 Å². The van der Waals surface area contributed by atoms with E-state index in [-0.39, 0.29) is 29.5 Å². The molecular weight excluding hydrogens is 370 g/mol. The summed E-state index contributed by atoms with van der Waals surface area (Å²) < 4.78 is 0. The van der Waals surface area contributed by atoms with Gasteiger partial charge in [0.25, 0.3) is 5.69 Å². The number of rotatable bonds is 7. The maximum atomic E-state index is 12.4. The van der Waals surface area contributed by atoms with E-state index in [0.717, 1.165) is 0 Å². The van der Waals surface area contributed by atoms with Crippen molar-refractivity contribution in [2.75, 3.05) is 11.1 Å². The third kappa shape index (κ3) is 5.04. The van der Waals surface area contributed by atoms with Crippen LogP contribution in [-0.4, -0.2) is 16.6 Å². The van der Waals surface area contributed by atoms with E-state index in [2.05, 4.69) is 5.32 Å². The van der Waals surface area contributed by atoms with Crippen molar-refractivity contribution in [3.63, 3.8) is 0 Å². The predicted molar refractivity (Wildman–Crippen MR) is 111 cm³/mol. The zero-order chi connectivity index (χ0) is 20.8. The molecule has 0 aliphatic rings. The number of nitrogen functional groups attached to an aromatic ring is 1. The quantitative estimate of drug-likeness (QED) is 0.274. The van der Waals surface area contributed by atoms with Gasteiger partial charge in [0.15, 0.2) is 5.78 Å². The lowest BCUT2D eigenvalue weighted by Gasteiger charge is -2.07. The predicted octanol–water partition coefficient (Wildman–Crippen LogP) is 3.98. The number of nitro benzene ring substituents is 1. The molecule has 7 nitrogen and oxygen atoms in total. The minimum absolute atomic E-state index is 0.0894. The molecule has 3 N–H and O–H groups in total. The number of nitrogens with one attached hydrogen (secondary N) is 1. The van der Waals surface area contributed by atoms with Crippen molar-refractivity contribution in [2.45, 2.75) is 12.8 Å². The monoisotopic (exact) mass is 389 g/mol. The molecule has 0 saturated carbocycles. The molecule has 0 aliphatic heterocycles. The van der Waals surface area contributed by atoms with Gasteiger partial charge in [-0.1, -0.05) is 36.4 Å². The van der Waals surface area contributed by atoms with Crippen LogP contribution in [0.5, 0.6) is 0 Å². The summed E-state index contributed by atoms with van der Waals surface area (Å²) in [4.78, 5) is 35.0. The fourth-order valence-corrected chi connectivity index (χ4v) is 2.85. The van der Waals surface area contributed by atoms with Gasteiger partial charge in [-0.15, -0.1) is 0 Å². The third-order valence-electron chi connectivity index (χ3n) is 4.40. The van der Waals surface area contributed by atoms with Gasteiger partial charge in [0.1, 0.15) is 5.69 Å². The number of ketones is 1. The van der Waals surface area contributed by atoms with Gasteiger partial charge in [0, 0.05) is 29.3 Å². The summed E-state index contributed by atoms with van der Waals surface area (Å²) in [5.41, 5.74) is 7.86. The molecule has 3 aromatic rings. The van der Waals surface area contributed by atoms with Gasteiger partial charge in [-0.2, -0.15) is 0 Å². The summed E-state index contributed by atoms with van der Waals surface area (Å²) in [6.45, 7) is 0.